The highest BCUT2D eigenvalue weighted by atomic mass is 17.3. The molecule has 0 aromatic heterocycles. The number of hydrogen-bond donors (Lipinski definition) is 1. The molecule has 0 rings (SSSR count). The van der Waals surface area contributed by atoms with Crippen LogP contribution in [0.2, 0.25) is 0 Å². The standard InChI is InChI=1S/CH2N2O2/c2-1-4-5-3/h3H2. The number of rotatable bonds is 1. The molecule has 0 atom stereocenters. The van der Waals surface area contributed by atoms with Crippen LogP contribution in [0.15, 0.2) is 0 Å². The maximum absolute atomic E-state index is 7.39. The summed E-state index contributed by atoms with van der Waals surface area (Å²) in [5.74, 6) is 4.19. The minimum absolute atomic E-state index is 1.17. The molecule has 0 aromatic carbocycles. The van der Waals surface area contributed by atoms with E-state index in [4.69, 9.17) is 5.26 Å². The Bertz CT molecular complexity index is 46.1. The Morgan fingerprint density at radius 1 is 1.80 bits per heavy atom. The average molecular weight is 74.0 g/mol. The van der Waals surface area contributed by atoms with Gasteiger partial charge in [-0.05, 0) is 0 Å². The summed E-state index contributed by atoms with van der Waals surface area (Å²) in [5.41, 5.74) is 0. The first kappa shape index (κ1) is 4.21. The fraction of sp³-hybridized carbons (Fsp3) is 0. The summed E-state index contributed by atoms with van der Waals surface area (Å²) in [4.78, 5) is 6.75. The largest absolute Gasteiger partial charge is 0.326 e. The quantitative estimate of drug-likeness (QED) is 0.253. The lowest BCUT2D eigenvalue weighted by Crippen LogP contribution is -1.93. The molecule has 0 bridgehead atoms. The van der Waals surface area contributed by atoms with Crippen molar-refractivity contribution in [1.29, 1.82) is 5.26 Å². The second kappa shape index (κ2) is 3.21. The minimum Gasteiger partial charge on any atom is -0.235 e. The zero-order chi connectivity index (χ0) is 4.12. The zero-order valence-corrected chi connectivity index (χ0v) is 2.34. The molecule has 5 heavy (non-hydrogen) atoms. The molecule has 4 nitrogen and oxygen atoms in total. The number of nitrogens with zero attached hydrogens (tertiary/aromatic N) is 1. The van der Waals surface area contributed by atoms with E-state index in [1.54, 1.807) is 0 Å². The van der Waals surface area contributed by atoms with E-state index in [2.05, 4.69) is 15.8 Å². The fourth-order valence-electron chi connectivity index (χ4n) is 0.0215. The maximum atomic E-state index is 7.39. The molecule has 0 amide bonds. The van der Waals surface area contributed by atoms with Gasteiger partial charge in [-0.15, -0.1) is 5.26 Å². The van der Waals surface area contributed by atoms with Gasteiger partial charge in [0.2, 0.25) is 0 Å². The maximum Gasteiger partial charge on any atom is 0.326 e. The van der Waals surface area contributed by atoms with E-state index in [1.165, 1.54) is 6.26 Å². The van der Waals surface area contributed by atoms with Crippen LogP contribution >= 0.6 is 0 Å². The molecule has 0 aliphatic carbocycles. The van der Waals surface area contributed by atoms with Gasteiger partial charge in [-0.1, -0.05) is 4.99 Å². The van der Waals surface area contributed by atoms with E-state index < -0.39 is 0 Å². The van der Waals surface area contributed by atoms with Crippen LogP contribution in [0.4, 0.5) is 0 Å². The normalized spacial score (nSPS) is 5.60. The van der Waals surface area contributed by atoms with Crippen LogP contribution in [-0.4, -0.2) is 0 Å². The van der Waals surface area contributed by atoms with Gasteiger partial charge in [0.15, 0.2) is 0 Å². The molecule has 0 aliphatic heterocycles. The third kappa shape index (κ3) is 3.21. The van der Waals surface area contributed by atoms with Gasteiger partial charge in [0.05, 0.1) is 0 Å². The second-order valence-electron chi connectivity index (χ2n) is 0.271. The molecule has 2 N–H and O–H groups in total. The second-order valence-corrected chi connectivity index (χ2v) is 0.271. The smallest absolute Gasteiger partial charge is 0.235 e. The van der Waals surface area contributed by atoms with Gasteiger partial charge in [0, 0.05) is 0 Å². The molecule has 28 valence electrons. The van der Waals surface area contributed by atoms with Crippen LogP contribution in [0.5, 0.6) is 0 Å². The topological polar surface area (TPSA) is 68.3 Å². The van der Waals surface area contributed by atoms with Crippen molar-refractivity contribution < 1.29 is 9.88 Å². The number of nitriles is 1. The molecule has 4 heteroatoms. The predicted octanol–water partition coefficient (Wildman–Crippen LogP) is -0.711. The third-order valence-corrected chi connectivity index (χ3v) is 0.0854. The summed E-state index contributed by atoms with van der Waals surface area (Å²) < 4.78 is 0. The Labute approximate surface area is 28.6 Å². The van der Waals surface area contributed by atoms with Gasteiger partial charge in [0.25, 0.3) is 0 Å². The van der Waals surface area contributed by atoms with Crippen molar-refractivity contribution in [2.75, 3.05) is 0 Å². The minimum atomic E-state index is 1.17. The molecule has 0 radical (unpaired) electrons. The van der Waals surface area contributed by atoms with E-state index in [1.807, 2.05) is 0 Å². The highest BCUT2D eigenvalue weighted by Crippen LogP contribution is 1.53. The Morgan fingerprint density at radius 2 is 2.40 bits per heavy atom. The fourth-order valence-corrected chi connectivity index (χ4v) is 0.0215. The van der Waals surface area contributed by atoms with E-state index >= 15 is 0 Å². The van der Waals surface area contributed by atoms with Crippen molar-refractivity contribution in [3.63, 3.8) is 0 Å². The molecule has 0 heterocycles. The van der Waals surface area contributed by atoms with Crippen molar-refractivity contribution in [2.45, 2.75) is 0 Å². The first-order valence-corrected chi connectivity index (χ1v) is 0.830. The van der Waals surface area contributed by atoms with Crippen LogP contribution in [0.3, 0.4) is 0 Å². The molecule has 0 aromatic rings. The predicted molar refractivity (Wildman–Crippen MR) is 12.0 cm³/mol. The van der Waals surface area contributed by atoms with Gasteiger partial charge in [-0.2, -0.15) is 5.90 Å². The van der Waals surface area contributed by atoms with E-state index in [9.17, 15) is 0 Å². The Kier molecular flexibility index (Phi) is 2.70. The van der Waals surface area contributed by atoms with Crippen LogP contribution in [0, 0.1) is 11.5 Å². The van der Waals surface area contributed by atoms with E-state index in [0.29, 0.717) is 0 Å². The molecule has 0 saturated heterocycles. The zero-order valence-electron chi connectivity index (χ0n) is 2.34. The SMILES string of the molecule is N#COON. The average Bonchev–Trinajstić information content (AvgIpc) is 1.41. The van der Waals surface area contributed by atoms with Gasteiger partial charge < -0.3 is 0 Å². The van der Waals surface area contributed by atoms with Crippen LogP contribution in [-0.2, 0) is 9.88 Å². The Balaban J connectivity index is 2.48. The van der Waals surface area contributed by atoms with E-state index in [0.717, 1.165) is 0 Å². The first-order valence-electron chi connectivity index (χ1n) is 0.830. The summed E-state index contributed by atoms with van der Waals surface area (Å²) in [6.45, 7) is 0. The summed E-state index contributed by atoms with van der Waals surface area (Å²) >= 11 is 0. The summed E-state index contributed by atoms with van der Waals surface area (Å²) in [6.07, 6.45) is 1.17. The third-order valence-electron chi connectivity index (χ3n) is 0.0854. The lowest BCUT2D eigenvalue weighted by molar-refractivity contribution is -0.243. The monoisotopic (exact) mass is 74.0 g/mol. The molecular weight excluding hydrogens is 72.0 g/mol. The Hall–Kier alpha value is -0.790. The molecular formula is CH2N2O2. The lowest BCUT2D eigenvalue weighted by atomic mass is 11.6. The first-order chi connectivity index (χ1) is 2.41. The van der Waals surface area contributed by atoms with Crippen LogP contribution < -0.4 is 5.90 Å². The van der Waals surface area contributed by atoms with Gasteiger partial charge in [0.1, 0.15) is 0 Å². The highest BCUT2D eigenvalue weighted by molar-refractivity contribution is 4.36. The van der Waals surface area contributed by atoms with Gasteiger partial charge >= 0.3 is 6.26 Å². The highest BCUT2D eigenvalue weighted by Gasteiger charge is 1.60. The number of nitrogens with two attached hydrogens (primary N) is 1. The summed E-state index contributed by atoms with van der Waals surface area (Å²) in [7, 11) is 0. The molecule has 0 saturated carbocycles. The molecule has 0 fully saturated rings. The lowest BCUT2D eigenvalue weighted by Gasteiger charge is -1.74. The van der Waals surface area contributed by atoms with E-state index in [-0.39, 0.29) is 0 Å². The van der Waals surface area contributed by atoms with Crippen molar-refractivity contribution in [2.24, 2.45) is 5.90 Å². The molecule has 0 aliphatic rings. The van der Waals surface area contributed by atoms with Crippen molar-refractivity contribution >= 4 is 0 Å². The van der Waals surface area contributed by atoms with Gasteiger partial charge in [-0.25, -0.2) is 4.89 Å². The molecule has 0 spiro atoms. The summed E-state index contributed by atoms with van der Waals surface area (Å²) in [6, 6.07) is 0. The molecule has 0 unspecified atom stereocenters. The van der Waals surface area contributed by atoms with Crippen LogP contribution in [0.1, 0.15) is 0 Å². The van der Waals surface area contributed by atoms with Crippen LogP contribution in [0.25, 0.3) is 0 Å². The van der Waals surface area contributed by atoms with Crippen molar-refractivity contribution in [1.82, 2.24) is 0 Å². The number of hydrogen-bond acceptors (Lipinski definition) is 4. The Morgan fingerprint density at radius 3 is 2.40 bits per heavy atom. The van der Waals surface area contributed by atoms with Crippen molar-refractivity contribution in [3.8, 4) is 6.26 Å². The summed E-state index contributed by atoms with van der Waals surface area (Å²) in [5, 5.41) is 7.39. The van der Waals surface area contributed by atoms with Crippen molar-refractivity contribution in [3.05, 3.63) is 0 Å². The van der Waals surface area contributed by atoms with Gasteiger partial charge in [-0.3, -0.25) is 0 Å².